The van der Waals surface area contributed by atoms with E-state index in [2.05, 4.69) is 19.2 Å². The van der Waals surface area contributed by atoms with E-state index in [0.29, 0.717) is 12.3 Å². The Kier molecular flexibility index (Phi) is 7.71. The molecule has 1 aromatic carbocycles. The fourth-order valence-corrected chi connectivity index (χ4v) is 4.00. The molecule has 1 saturated carbocycles. The van der Waals surface area contributed by atoms with Crippen LogP contribution in [0.25, 0.3) is 0 Å². The van der Waals surface area contributed by atoms with Gasteiger partial charge in [-0.1, -0.05) is 32.4 Å². The van der Waals surface area contributed by atoms with E-state index in [4.69, 9.17) is 4.74 Å². The smallest absolute Gasteiger partial charge is 0.416 e. The number of hydrogen-bond donors (Lipinski definition) is 1. The summed E-state index contributed by atoms with van der Waals surface area (Å²) in [5.41, 5.74) is 0.217. The Bertz CT molecular complexity index is 598. The third-order valence-corrected chi connectivity index (χ3v) is 5.44. The van der Waals surface area contributed by atoms with E-state index in [0.717, 1.165) is 49.9 Å². The van der Waals surface area contributed by atoms with Gasteiger partial charge < -0.3 is 10.1 Å². The van der Waals surface area contributed by atoms with E-state index < -0.39 is 11.7 Å². The van der Waals surface area contributed by atoms with Gasteiger partial charge in [-0.05, 0) is 55.3 Å². The van der Waals surface area contributed by atoms with Crippen LogP contribution < -0.4 is 5.32 Å². The van der Waals surface area contributed by atoms with E-state index in [1.807, 2.05) is 0 Å². The number of nitrogens with one attached hydrogen (secondary N) is 1. The molecule has 6 heteroatoms. The Morgan fingerprint density at radius 2 is 1.89 bits per heavy atom. The normalized spacial score (nSPS) is 23.4. The molecule has 0 aromatic heterocycles. The molecule has 0 amide bonds. The van der Waals surface area contributed by atoms with Crippen LogP contribution >= 0.6 is 0 Å². The van der Waals surface area contributed by atoms with Crippen LogP contribution in [0.1, 0.15) is 63.0 Å². The highest BCUT2D eigenvalue weighted by atomic mass is 19.4. The molecule has 1 aliphatic rings. The number of rotatable bonds is 7. The number of carbonyl (C=O) groups excluding carboxylic acids is 1. The molecule has 3 nitrogen and oxygen atoms in total. The van der Waals surface area contributed by atoms with E-state index in [9.17, 15) is 18.0 Å². The Balaban J connectivity index is 2.23. The summed E-state index contributed by atoms with van der Waals surface area (Å²) in [6, 6.07) is 5.58. The average Bonchev–Trinajstić information content (AvgIpc) is 2.61. The standard InChI is InChI=1S/C21H30F3NO2/c1-14(2)11-12-25-18-6-4-5-16(13-19(26)27-3)20(18)15-7-9-17(10-8-15)21(22,23)24/h7-10,14,16,18,20,25H,4-6,11-13H2,1-3H3/t16-,18-,20-/m1/s1. The van der Waals surface area contributed by atoms with Crippen LogP contribution in [0, 0.1) is 11.8 Å². The third kappa shape index (κ3) is 6.23. The largest absolute Gasteiger partial charge is 0.469 e. The highest BCUT2D eigenvalue weighted by molar-refractivity contribution is 5.69. The minimum absolute atomic E-state index is 0.00676. The molecule has 0 unspecified atom stereocenters. The van der Waals surface area contributed by atoms with Crippen molar-refractivity contribution in [2.75, 3.05) is 13.7 Å². The van der Waals surface area contributed by atoms with Crippen molar-refractivity contribution < 1.29 is 22.7 Å². The Morgan fingerprint density at radius 1 is 1.22 bits per heavy atom. The van der Waals surface area contributed by atoms with E-state index in [1.54, 1.807) is 12.1 Å². The number of alkyl halides is 3. The molecular formula is C21H30F3NO2. The first-order valence-corrected chi connectivity index (χ1v) is 9.69. The van der Waals surface area contributed by atoms with Crippen molar-refractivity contribution in [1.29, 1.82) is 0 Å². The third-order valence-electron chi connectivity index (χ3n) is 5.44. The lowest BCUT2D eigenvalue weighted by Crippen LogP contribution is -2.42. The molecule has 3 atom stereocenters. The molecule has 0 aliphatic heterocycles. The Hall–Kier alpha value is -1.56. The molecule has 1 aromatic rings. The number of methoxy groups -OCH3 is 1. The summed E-state index contributed by atoms with van der Waals surface area (Å²) in [6.07, 6.45) is -0.170. The van der Waals surface area contributed by atoms with Crippen molar-refractivity contribution in [3.05, 3.63) is 35.4 Å². The summed E-state index contributed by atoms with van der Waals surface area (Å²) in [5.74, 6) is 0.392. The molecule has 27 heavy (non-hydrogen) atoms. The summed E-state index contributed by atoms with van der Waals surface area (Å²) < 4.78 is 43.5. The summed E-state index contributed by atoms with van der Waals surface area (Å²) in [7, 11) is 1.37. The Morgan fingerprint density at radius 3 is 2.44 bits per heavy atom. The number of hydrogen-bond acceptors (Lipinski definition) is 3. The highest BCUT2D eigenvalue weighted by Gasteiger charge is 2.36. The molecule has 0 heterocycles. The van der Waals surface area contributed by atoms with Gasteiger partial charge in [0.15, 0.2) is 0 Å². The maximum absolute atomic E-state index is 12.9. The molecule has 0 radical (unpaired) electrons. The Labute approximate surface area is 159 Å². The van der Waals surface area contributed by atoms with Gasteiger partial charge >= 0.3 is 12.1 Å². The van der Waals surface area contributed by atoms with Crippen LogP contribution in [0.5, 0.6) is 0 Å². The van der Waals surface area contributed by atoms with Gasteiger partial charge in [0.05, 0.1) is 12.7 Å². The summed E-state index contributed by atoms with van der Waals surface area (Å²) in [6.45, 7) is 5.19. The SMILES string of the molecule is COC(=O)C[C@H]1CCC[C@@H](NCCC(C)C)[C@@H]1c1ccc(C(F)(F)F)cc1. The molecule has 2 rings (SSSR count). The van der Waals surface area contributed by atoms with Crippen molar-refractivity contribution in [1.82, 2.24) is 5.32 Å². The molecule has 1 fully saturated rings. The molecular weight excluding hydrogens is 355 g/mol. The fraction of sp³-hybridized carbons (Fsp3) is 0.667. The predicted octanol–water partition coefficient (Wildman–Crippen LogP) is 5.16. The lowest BCUT2D eigenvalue weighted by atomic mass is 9.71. The zero-order valence-corrected chi connectivity index (χ0v) is 16.3. The lowest BCUT2D eigenvalue weighted by molar-refractivity contribution is -0.142. The fourth-order valence-electron chi connectivity index (χ4n) is 4.00. The van der Waals surface area contributed by atoms with Crippen molar-refractivity contribution in [3.63, 3.8) is 0 Å². The van der Waals surface area contributed by atoms with Gasteiger partial charge in [-0.25, -0.2) is 0 Å². The average molecular weight is 385 g/mol. The maximum Gasteiger partial charge on any atom is 0.416 e. The molecule has 0 spiro atoms. The van der Waals surface area contributed by atoms with Crippen LogP contribution in [0.4, 0.5) is 13.2 Å². The predicted molar refractivity (Wildman–Crippen MR) is 99.4 cm³/mol. The van der Waals surface area contributed by atoms with Gasteiger partial charge in [-0.3, -0.25) is 4.79 Å². The number of halogens is 3. The number of carbonyl (C=O) groups is 1. The zero-order valence-electron chi connectivity index (χ0n) is 16.3. The molecule has 1 aliphatic carbocycles. The summed E-state index contributed by atoms with van der Waals surface area (Å²) in [4.78, 5) is 11.9. The van der Waals surface area contributed by atoms with Crippen LogP contribution in [0.15, 0.2) is 24.3 Å². The van der Waals surface area contributed by atoms with Gasteiger partial charge in [0, 0.05) is 18.4 Å². The molecule has 1 N–H and O–H groups in total. The monoisotopic (exact) mass is 385 g/mol. The highest BCUT2D eigenvalue weighted by Crippen LogP contribution is 2.41. The first-order valence-electron chi connectivity index (χ1n) is 9.69. The first-order chi connectivity index (χ1) is 12.7. The lowest BCUT2D eigenvalue weighted by Gasteiger charge is -2.39. The van der Waals surface area contributed by atoms with Crippen molar-refractivity contribution >= 4 is 5.97 Å². The minimum atomic E-state index is -4.34. The van der Waals surface area contributed by atoms with Crippen molar-refractivity contribution in [3.8, 4) is 0 Å². The van der Waals surface area contributed by atoms with Crippen molar-refractivity contribution in [2.24, 2.45) is 11.8 Å². The van der Waals surface area contributed by atoms with E-state index in [-0.39, 0.29) is 23.8 Å². The number of benzene rings is 1. The quantitative estimate of drug-likeness (QED) is 0.659. The number of ether oxygens (including phenoxy) is 1. The summed E-state index contributed by atoms with van der Waals surface area (Å²) >= 11 is 0. The zero-order chi connectivity index (χ0) is 20.0. The van der Waals surface area contributed by atoms with Gasteiger partial charge in [-0.15, -0.1) is 0 Å². The van der Waals surface area contributed by atoms with Gasteiger partial charge in [0.2, 0.25) is 0 Å². The van der Waals surface area contributed by atoms with Gasteiger partial charge in [-0.2, -0.15) is 13.2 Å². The van der Waals surface area contributed by atoms with Gasteiger partial charge in [0.25, 0.3) is 0 Å². The maximum atomic E-state index is 12.9. The second kappa shape index (κ2) is 9.58. The van der Waals surface area contributed by atoms with E-state index in [1.165, 1.54) is 7.11 Å². The van der Waals surface area contributed by atoms with Crippen LogP contribution in [-0.2, 0) is 15.7 Å². The summed E-state index contributed by atoms with van der Waals surface area (Å²) in [5, 5.41) is 3.59. The van der Waals surface area contributed by atoms with E-state index >= 15 is 0 Å². The molecule has 152 valence electrons. The minimum Gasteiger partial charge on any atom is -0.469 e. The number of esters is 1. The molecule has 0 saturated heterocycles. The molecule has 0 bridgehead atoms. The second-order valence-electron chi connectivity index (χ2n) is 7.86. The van der Waals surface area contributed by atoms with Gasteiger partial charge in [0.1, 0.15) is 0 Å². The van der Waals surface area contributed by atoms with Crippen LogP contribution in [-0.4, -0.2) is 25.7 Å². The second-order valence-corrected chi connectivity index (χ2v) is 7.86. The topological polar surface area (TPSA) is 38.3 Å². The van der Waals surface area contributed by atoms with Crippen LogP contribution in [0.3, 0.4) is 0 Å². The first kappa shape index (κ1) is 21.7. The van der Waals surface area contributed by atoms with Crippen LogP contribution in [0.2, 0.25) is 0 Å². The van der Waals surface area contributed by atoms with Crippen molar-refractivity contribution in [2.45, 2.75) is 64.1 Å².